The van der Waals surface area contributed by atoms with Crippen LogP contribution in [0, 0.1) is 0 Å². The number of anilines is 1. The largest absolute Gasteiger partial charge is 0.486 e. The second kappa shape index (κ2) is 7.46. The Hall–Kier alpha value is -2.38. The van der Waals surface area contributed by atoms with Gasteiger partial charge in [0.05, 0.1) is 13.2 Å². The first kappa shape index (κ1) is 16.5. The van der Waals surface area contributed by atoms with E-state index < -0.39 is 5.97 Å². The number of carboxylic acids is 1. The lowest BCUT2D eigenvalue weighted by Gasteiger charge is -2.28. The van der Waals surface area contributed by atoms with E-state index in [-0.39, 0.29) is 12.2 Å². The summed E-state index contributed by atoms with van der Waals surface area (Å²) < 4.78 is 10.9. The third-order valence-corrected chi connectivity index (χ3v) is 3.79. The quantitative estimate of drug-likeness (QED) is 0.886. The number of carbonyl (C=O) groups is 1. The number of carboxylic acid groups (broad SMARTS) is 1. The van der Waals surface area contributed by atoms with Crippen molar-refractivity contribution in [1.82, 2.24) is 9.97 Å². The number of hydrogen-bond acceptors (Lipinski definition) is 6. The van der Waals surface area contributed by atoms with Gasteiger partial charge in [-0.3, -0.25) is 0 Å². The van der Waals surface area contributed by atoms with Crippen molar-refractivity contribution in [2.45, 2.75) is 6.61 Å². The van der Waals surface area contributed by atoms with E-state index >= 15 is 0 Å². The molecule has 2 heterocycles. The van der Waals surface area contributed by atoms with Gasteiger partial charge in [0.15, 0.2) is 5.82 Å². The van der Waals surface area contributed by atoms with Crippen molar-refractivity contribution >= 4 is 23.4 Å². The summed E-state index contributed by atoms with van der Waals surface area (Å²) in [5.41, 5.74) is 0.0761. The number of nitrogens with zero attached hydrogens (tertiary/aromatic N) is 3. The molecule has 1 aliphatic heterocycles. The second-order valence-electron chi connectivity index (χ2n) is 5.17. The van der Waals surface area contributed by atoms with E-state index in [1.807, 2.05) is 4.90 Å². The lowest BCUT2D eigenvalue weighted by Crippen LogP contribution is -2.38. The molecule has 126 valence electrons. The van der Waals surface area contributed by atoms with Crippen LogP contribution < -0.4 is 9.64 Å². The Kier molecular flexibility index (Phi) is 5.12. The molecule has 0 aliphatic carbocycles. The summed E-state index contributed by atoms with van der Waals surface area (Å²) in [5, 5.41) is 9.96. The van der Waals surface area contributed by atoms with Gasteiger partial charge < -0.3 is 19.5 Å². The number of aromatic nitrogens is 2. The van der Waals surface area contributed by atoms with E-state index in [0.717, 1.165) is 0 Å². The third-order valence-electron chi connectivity index (χ3n) is 3.54. The van der Waals surface area contributed by atoms with Crippen molar-refractivity contribution in [3.05, 3.63) is 46.9 Å². The first-order valence-electron chi connectivity index (χ1n) is 7.44. The highest BCUT2D eigenvalue weighted by Crippen LogP contribution is 2.20. The average molecular weight is 350 g/mol. The molecule has 0 amide bonds. The lowest BCUT2D eigenvalue weighted by molar-refractivity contribution is 0.0695. The number of rotatable bonds is 5. The van der Waals surface area contributed by atoms with Crippen molar-refractivity contribution in [2.75, 3.05) is 31.2 Å². The highest BCUT2D eigenvalue weighted by molar-refractivity contribution is 6.30. The highest BCUT2D eigenvalue weighted by atomic mass is 35.5. The predicted molar refractivity (Wildman–Crippen MR) is 87.8 cm³/mol. The van der Waals surface area contributed by atoms with Crippen LogP contribution in [0.25, 0.3) is 0 Å². The Morgan fingerprint density at radius 2 is 2.00 bits per heavy atom. The van der Waals surface area contributed by atoms with Crippen LogP contribution in [0.2, 0.25) is 5.02 Å². The molecule has 0 unspecified atom stereocenters. The number of ether oxygens (including phenoxy) is 2. The summed E-state index contributed by atoms with van der Waals surface area (Å²) in [7, 11) is 0. The molecule has 3 rings (SSSR count). The van der Waals surface area contributed by atoms with E-state index in [4.69, 9.17) is 21.1 Å². The molecule has 0 saturated carbocycles. The molecule has 1 N–H and O–H groups in total. The predicted octanol–water partition coefficient (Wildman–Crippen LogP) is 2.24. The number of benzene rings is 1. The molecular formula is C16H16ClN3O4. The molecule has 1 aromatic heterocycles. The summed E-state index contributed by atoms with van der Waals surface area (Å²) in [4.78, 5) is 21.8. The Morgan fingerprint density at radius 3 is 2.67 bits per heavy atom. The van der Waals surface area contributed by atoms with Crippen molar-refractivity contribution in [2.24, 2.45) is 0 Å². The van der Waals surface area contributed by atoms with E-state index in [1.165, 1.54) is 6.20 Å². The fourth-order valence-electron chi connectivity index (χ4n) is 2.32. The molecule has 1 aromatic carbocycles. The molecule has 0 atom stereocenters. The van der Waals surface area contributed by atoms with E-state index in [2.05, 4.69) is 9.97 Å². The fraction of sp³-hybridized carbons (Fsp3) is 0.312. The second-order valence-corrected chi connectivity index (χ2v) is 5.61. The van der Waals surface area contributed by atoms with Gasteiger partial charge in [-0.2, -0.15) is 0 Å². The van der Waals surface area contributed by atoms with Crippen molar-refractivity contribution in [3.63, 3.8) is 0 Å². The summed E-state index contributed by atoms with van der Waals surface area (Å²) in [5.74, 6) is 0.395. The minimum atomic E-state index is -1.05. The van der Waals surface area contributed by atoms with Gasteiger partial charge in [0.1, 0.15) is 23.7 Å². The minimum absolute atomic E-state index is 0.0761. The SMILES string of the molecule is O=C(O)c1cnc(COc2ccc(Cl)cc2)nc1N1CCOCC1. The maximum absolute atomic E-state index is 11.4. The van der Waals surface area contributed by atoms with E-state index in [0.29, 0.717) is 48.7 Å². The summed E-state index contributed by atoms with van der Waals surface area (Å²) >= 11 is 5.83. The smallest absolute Gasteiger partial charge is 0.341 e. The molecular weight excluding hydrogens is 334 g/mol. The fourth-order valence-corrected chi connectivity index (χ4v) is 2.45. The van der Waals surface area contributed by atoms with Crippen LogP contribution in [0.5, 0.6) is 5.75 Å². The third kappa shape index (κ3) is 3.93. The molecule has 7 nitrogen and oxygen atoms in total. The van der Waals surface area contributed by atoms with Gasteiger partial charge in [0, 0.05) is 24.3 Å². The zero-order valence-corrected chi connectivity index (χ0v) is 13.6. The van der Waals surface area contributed by atoms with Crippen LogP contribution in [0.15, 0.2) is 30.5 Å². The molecule has 2 aromatic rings. The summed E-state index contributed by atoms with van der Waals surface area (Å²) in [6.07, 6.45) is 1.32. The van der Waals surface area contributed by atoms with Gasteiger partial charge in [-0.15, -0.1) is 0 Å². The Morgan fingerprint density at radius 1 is 1.29 bits per heavy atom. The van der Waals surface area contributed by atoms with Crippen LogP contribution in [0.1, 0.15) is 16.2 Å². The summed E-state index contributed by atoms with van der Waals surface area (Å²) in [6, 6.07) is 6.95. The molecule has 8 heteroatoms. The average Bonchev–Trinajstić information content (AvgIpc) is 2.61. The van der Waals surface area contributed by atoms with Crippen LogP contribution in [0.3, 0.4) is 0 Å². The van der Waals surface area contributed by atoms with Gasteiger partial charge in [0.25, 0.3) is 0 Å². The van der Waals surface area contributed by atoms with Crippen LogP contribution in [0.4, 0.5) is 5.82 Å². The monoisotopic (exact) mass is 349 g/mol. The van der Waals surface area contributed by atoms with E-state index in [9.17, 15) is 9.90 Å². The van der Waals surface area contributed by atoms with E-state index in [1.54, 1.807) is 24.3 Å². The summed E-state index contributed by atoms with van der Waals surface area (Å²) in [6.45, 7) is 2.40. The van der Waals surface area contributed by atoms with Crippen molar-refractivity contribution in [3.8, 4) is 5.75 Å². The topological polar surface area (TPSA) is 84.8 Å². The van der Waals surface area contributed by atoms with Crippen LogP contribution in [-0.4, -0.2) is 47.3 Å². The molecule has 0 radical (unpaired) electrons. The Balaban J connectivity index is 1.78. The van der Waals surface area contributed by atoms with Gasteiger partial charge in [0.2, 0.25) is 0 Å². The minimum Gasteiger partial charge on any atom is -0.486 e. The molecule has 1 aliphatic rings. The standard InChI is InChI=1S/C16H16ClN3O4/c17-11-1-3-12(4-2-11)24-10-14-18-9-13(16(21)22)15(19-14)20-5-7-23-8-6-20/h1-4,9H,5-8,10H2,(H,21,22). The lowest BCUT2D eigenvalue weighted by atomic mass is 10.2. The van der Waals surface area contributed by atoms with Crippen molar-refractivity contribution < 1.29 is 19.4 Å². The molecule has 1 fully saturated rings. The Labute approximate surface area is 143 Å². The molecule has 24 heavy (non-hydrogen) atoms. The zero-order chi connectivity index (χ0) is 16.9. The maximum atomic E-state index is 11.4. The van der Waals surface area contributed by atoms with Gasteiger partial charge in [-0.25, -0.2) is 14.8 Å². The number of hydrogen-bond donors (Lipinski definition) is 1. The molecule has 1 saturated heterocycles. The zero-order valence-electron chi connectivity index (χ0n) is 12.8. The first-order valence-corrected chi connectivity index (χ1v) is 7.81. The van der Waals surface area contributed by atoms with Gasteiger partial charge in [-0.1, -0.05) is 11.6 Å². The van der Waals surface area contributed by atoms with Gasteiger partial charge >= 0.3 is 5.97 Å². The van der Waals surface area contributed by atoms with Crippen LogP contribution in [-0.2, 0) is 11.3 Å². The van der Waals surface area contributed by atoms with Crippen LogP contribution >= 0.6 is 11.6 Å². The highest BCUT2D eigenvalue weighted by Gasteiger charge is 2.21. The first-order chi connectivity index (χ1) is 11.6. The van der Waals surface area contributed by atoms with Gasteiger partial charge in [-0.05, 0) is 24.3 Å². The number of aromatic carboxylic acids is 1. The number of halogens is 1. The normalized spacial score (nSPS) is 14.5. The number of morpholine rings is 1. The molecule has 0 spiro atoms. The maximum Gasteiger partial charge on any atom is 0.341 e. The Bertz CT molecular complexity index is 718. The molecule has 0 bridgehead atoms. The van der Waals surface area contributed by atoms with Crippen molar-refractivity contribution in [1.29, 1.82) is 0 Å².